The number of hydrogen-bond acceptors (Lipinski definition) is 4. The number of morpholine rings is 1. The summed E-state index contributed by atoms with van der Waals surface area (Å²) in [5.74, 6) is 0.462. The number of hydrogen-bond donors (Lipinski definition) is 2. The van der Waals surface area contributed by atoms with E-state index in [4.69, 9.17) is 21.1 Å². The maximum Gasteiger partial charge on any atom is 0.314 e. The molecule has 2 amide bonds. The first-order valence-corrected chi connectivity index (χ1v) is 10.5. The Morgan fingerprint density at radius 2 is 1.89 bits per heavy atom. The van der Waals surface area contributed by atoms with Crippen molar-refractivity contribution in [3.8, 4) is 0 Å². The van der Waals surface area contributed by atoms with Crippen LogP contribution >= 0.6 is 11.6 Å². The molecule has 2 aliphatic rings. The first-order chi connectivity index (χ1) is 13.5. The van der Waals surface area contributed by atoms with Crippen LogP contribution in [0, 0.1) is 5.92 Å². The Bertz CT molecular complexity index is 626. The minimum absolute atomic E-state index is 0.126. The number of halogens is 1. The molecule has 2 heterocycles. The van der Waals surface area contributed by atoms with Gasteiger partial charge in [-0.25, -0.2) is 4.79 Å². The summed E-state index contributed by atoms with van der Waals surface area (Å²) < 4.78 is 11.1. The lowest BCUT2D eigenvalue weighted by Crippen LogP contribution is -2.54. The van der Waals surface area contributed by atoms with Crippen LogP contribution in [0.3, 0.4) is 0 Å². The monoisotopic (exact) mass is 409 g/mol. The minimum atomic E-state index is -0.176. The lowest BCUT2D eigenvalue weighted by Gasteiger charge is -2.37. The fraction of sp³-hybridized carbons (Fsp3) is 0.667. The number of amides is 2. The van der Waals surface area contributed by atoms with Crippen LogP contribution in [0.15, 0.2) is 24.3 Å². The summed E-state index contributed by atoms with van der Waals surface area (Å²) in [5, 5.41) is 6.83. The van der Waals surface area contributed by atoms with Crippen molar-refractivity contribution in [3.63, 3.8) is 0 Å². The third kappa shape index (κ3) is 5.83. The van der Waals surface area contributed by atoms with Gasteiger partial charge in [0.05, 0.1) is 19.8 Å². The van der Waals surface area contributed by atoms with Gasteiger partial charge in [-0.1, -0.05) is 37.6 Å². The molecule has 1 aromatic rings. The van der Waals surface area contributed by atoms with Crippen molar-refractivity contribution in [1.82, 2.24) is 15.5 Å². The highest BCUT2D eigenvalue weighted by Crippen LogP contribution is 2.24. The molecule has 0 radical (unpaired) electrons. The predicted molar refractivity (Wildman–Crippen MR) is 111 cm³/mol. The van der Waals surface area contributed by atoms with E-state index in [9.17, 15) is 4.79 Å². The van der Waals surface area contributed by atoms with E-state index < -0.39 is 0 Å². The van der Waals surface area contributed by atoms with E-state index in [1.165, 1.54) is 0 Å². The number of ether oxygens (including phenoxy) is 2. The smallest absolute Gasteiger partial charge is 0.314 e. The standard InChI is InChI=1S/C21H32ClN3O3/c1-21(2,17-3-5-18(22)6-4-17)15-24-20(26)23-13-19(16-7-10-28-14-16)25-8-11-27-12-9-25/h3-6,16,19H,7-15H2,1-2H3,(H2,23,24,26). The molecule has 2 atom stereocenters. The molecule has 2 saturated heterocycles. The SMILES string of the molecule is CC(C)(CNC(=O)NCC(C1CCOC1)N1CCOCC1)c1ccc(Cl)cc1. The zero-order chi connectivity index (χ0) is 20.0. The number of urea groups is 1. The molecule has 28 heavy (non-hydrogen) atoms. The summed E-state index contributed by atoms with van der Waals surface area (Å²) in [6.07, 6.45) is 1.05. The van der Waals surface area contributed by atoms with Crippen LogP contribution in [0.2, 0.25) is 5.02 Å². The molecular formula is C21H32ClN3O3. The zero-order valence-electron chi connectivity index (χ0n) is 16.9. The summed E-state index contributed by atoms with van der Waals surface area (Å²) in [7, 11) is 0. The van der Waals surface area contributed by atoms with Gasteiger partial charge in [0.25, 0.3) is 0 Å². The lowest BCUT2D eigenvalue weighted by molar-refractivity contribution is 0.00212. The number of carbonyl (C=O) groups excluding carboxylic acids is 1. The largest absolute Gasteiger partial charge is 0.381 e. The molecule has 0 aromatic heterocycles. The van der Waals surface area contributed by atoms with Crippen LogP contribution in [0.5, 0.6) is 0 Å². The lowest BCUT2D eigenvalue weighted by atomic mass is 9.85. The van der Waals surface area contributed by atoms with Gasteiger partial charge in [-0.05, 0) is 24.1 Å². The Kier molecular flexibility index (Phi) is 7.57. The first kappa shape index (κ1) is 21.4. The van der Waals surface area contributed by atoms with Gasteiger partial charge in [-0.15, -0.1) is 0 Å². The minimum Gasteiger partial charge on any atom is -0.381 e. The molecule has 3 rings (SSSR count). The Hall–Kier alpha value is -1.34. The highest BCUT2D eigenvalue weighted by atomic mass is 35.5. The summed E-state index contributed by atoms with van der Waals surface area (Å²) in [6.45, 7) is 10.3. The molecular weight excluding hydrogens is 378 g/mol. The Morgan fingerprint density at radius 3 is 2.54 bits per heavy atom. The second-order valence-corrected chi connectivity index (χ2v) is 8.73. The summed E-state index contributed by atoms with van der Waals surface area (Å²) >= 11 is 5.98. The number of carbonyl (C=O) groups is 1. The topological polar surface area (TPSA) is 62.8 Å². The van der Waals surface area contributed by atoms with E-state index in [0.717, 1.165) is 56.5 Å². The fourth-order valence-electron chi connectivity index (χ4n) is 3.92. The van der Waals surface area contributed by atoms with Crippen molar-refractivity contribution >= 4 is 17.6 Å². The van der Waals surface area contributed by atoms with E-state index in [-0.39, 0.29) is 11.4 Å². The van der Waals surface area contributed by atoms with Crippen molar-refractivity contribution in [3.05, 3.63) is 34.9 Å². The second kappa shape index (κ2) is 9.92. The highest BCUT2D eigenvalue weighted by Gasteiger charge is 2.32. The molecule has 156 valence electrons. The van der Waals surface area contributed by atoms with Gasteiger partial charge >= 0.3 is 6.03 Å². The van der Waals surface area contributed by atoms with Crippen molar-refractivity contribution < 1.29 is 14.3 Å². The van der Waals surface area contributed by atoms with Gasteiger partial charge in [0, 0.05) is 55.2 Å². The molecule has 2 unspecified atom stereocenters. The highest BCUT2D eigenvalue weighted by molar-refractivity contribution is 6.30. The van der Waals surface area contributed by atoms with Gasteiger partial charge in [0.1, 0.15) is 0 Å². The number of nitrogens with zero attached hydrogens (tertiary/aromatic N) is 1. The van der Waals surface area contributed by atoms with E-state index >= 15 is 0 Å². The molecule has 2 N–H and O–H groups in total. The molecule has 0 spiro atoms. The van der Waals surface area contributed by atoms with E-state index in [0.29, 0.717) is 25.0 Å². The normalized spacial score (nSPS) is 22.0. The number of rotatable bonds is 7. The molecule has 0 saturated carbocycles. The van der Waals surface area contributed by atoms with E-state index in [1.54, 1.807) is 0 Å². The Morgan fingerprint density at radius 1 is 1.18 bits per heavy atom. The van der Waals surface area contributed by atoms with Crippen molar-refractivity contribution in [2.75, 3.05) is 52.6 Å². The molecule has 1 aromatic carbocycles. The fourth-order valence-corrected chi connectivity index (χ4v) is 4.05. The average Bonchev–Trinajstić information content (AvgIpc) is 3.22. The van der Waals surface area contributed by atoms with Crippen LogP contribution < -0.4 is 10.6 Å². The molecule has 0 aliphatic carbocycles. The summed E-state index contributed by atoms with van der Waals surface area (Å²) in [6, 6.07) is 7.96. The number of nitrogens with one attached hydrogen (secondary N) is 2. The van der Waals surface area contributed by atoms with E-state index in [1.807, 2.05) is 24.3 Å². The van der Waals surface area contributed by atoms with Crippen LogP contribution in [-0.4, -0.2) is 69.6 Å². The number of benzene rings is 1. The average molecular weight is 410 g/mol. The molecule has 7 heteroatoms. The first-order valence-electron chi connectivity index (χ1n) is 10.1. The van der Waals surface area contributed by atoms with Gasteiger partial charge in [0.2, 0.25) is 0 Å². The van der Waals surface area contributed by atoms with Crippen molar-refractivity contribution in [2.45, 2.75) is 31.7 Å². The maximum atomic E-state index is 12.5. The van der Waals surface area contributed by atoms with Crippen LogP contribution in [0.25, 0.3) is 0 Å². The third-order valence-electron chi connectivity index (χ3n) is 5.81. The van der Waals surface area contributed by atoms with Gasteiger partial charge < -0.3 is 20.1 Å². The maximum absolute atomic E-state index is 12.5. The van der Waals surface area contributed by atoms with E-state index in [2.05, 4.69) is 29.4 Å². The van der Waals surface area contributed by atoms with Crippen molar-refractivity contribution in [2.24, 2.45) is 5.92 Å². The molecule has 2 aliphatic heterocycles. The second-order valence-electron chi connectivity index (χ2n) is 8.29. The Labute approximate surface area is 172 Å². The zero-order valence-corrected chi connectivity index (χ0v) is 17.6. The van der Waals surface area contributed by atoms with Crippen LogP contribution in [-0.2, 0) is 14.9 Å². The van der Waals surface area contributed by atoms with Gasteiger partial charge in [0.15, 0.2) is 0 Å². The third-order valence-corrected chi connectivity index (χ3v) is 6.06. The summed E-state index contributed by atoms with van der Waals surface area (Å²) in [5.41, 5.74) is 0.969. The molecule has 6 nitrogen and oxygen atoms in total. The van der Waals surface area contributed by atoms with Gasteiger partial charge in [-0.3, -0.25) is 4.90 Å². The molecule has 2 fully saturated rings. The summed E-state index contributed by atoms with van der Waals surface area (Å²) in [4.78, 5) is 14.9. The Balaban J connectivity index is 1.50. The predicted octanol–water partition coefficient (Wildman–Crippen LogP) is 2.65. The quantitative estimate of drug-likeness (QED) is 0.726. The van der Waals surface area contributed by atoms with Crippen LogP contribution in [0.4, 0.5) is 4.79 Å². The van der Waals surface area contributed by atoms with Crippen LogP contribution in [0.1, 0.15) is 25.8 Å². The van der Waals surface area contributed by atoms with Crippen molar-refractivity contribution in [1.29, 1.82) is 0 Å². The van der Waals surface area contributed by atoms with Gasteiger partial charge in [-0.2, -0.15) is 0 Å². The molecule has 0 bridgehead atoms.